The lowest BCUT2D eigenvalue weighted by Gasteiger charge is -2.30. The fourth-order valence-corrected chi connectivity index (χ4v) is 2.95. The van der Waals surface area contributed by atoms with Gasteiger partial charge in [-0.3, -0.25) is 4.79 Å². The SMILES string of the molecule is CCN(CC1COc2ccccc2O1)C(=O)c1ccsc1. The molecule has 0 N–H and O–H groups in total. The maximum atomic E-state index is 12.4. The Balaban J connectivity index is 1.67. The van der Waals surface area contributed by atoms with Gasteiger partial charge in [-0.15, -0.1) is 0 Å². The fourth-order valence-electron chi connectivity index (χ4n) is 2.32. The molecule has 0 aliphatic carbocycles. The molecule has 5 heteroatoms. The molecule has 1 aromatic carbocycles. The molecule has 0 bridgehead atoms. The summed E-state index contributed by atoms with van der Waals surface area (Å²) in [5.41, 5.74) is 0.735. The number of hydrogen-bond acceptors (Lipinski definition) is 4. The molecule has 0 saturated carbocycles. The van der Waals surface area contributed by atoms with Crippen LogP contribution in [0.3, 0.4) is 0 Å². The van der Waals surface area contributed by atoms with Crippen molar-refractivity contribution >= 4 is 17.2 Å². The van der Waals surface area contributed by atoms with Crippen molar-refractivity contribution in [3.05, 3.63) is 46.7 Å². The Morgan fingerprint density at radius 1 is 1.33 bits per heavy atom. The molecule has 0 saturated heterocycles. The predicted octanol–water partition coefficient (Wildman–Crippen LogP) is 3.05. The molecule has 1 aromatic heterocycles. The van der Waals surface area contributed by atoms with Gasteiger partial charge >= 0.3 is 0 Å². The number of benzene rings is 1. The summed E-state index contributed by atoms with van der Waals surface area (Å²) < 4.78 is 11.6. The number of hydrogen-bond donors (Lipinski definition) is 0. The molecule has 21 heavy (non-hydrogen) atoms. The average molecular weight is 303 g/mol. The molecule has 4 nitrogen and oxygen atoms in total. The lowest BCUT2D eigenvalue weighted by atomic mass is 10.2. The summed E-state index contributed by atoms with van der Waals surface area (Å²) in [5, 5.41) is 3.79. The van der Waals surface area contributed by atoms with Gasteiger partial charge in [0.2, 0.25) is 0 Å². The van der Waals surface area contributed by atoms with Gasteiger partial charge < -0.3 is 14.4 Å². The highest BCUT2D eigenvalue weighted by atomic mass is 32.1. The van der Waals surface area contributed by atoms with Crippen molar-refractivity contribution in [3.63, 3.8) is 0 Å². The lowest BCUT2D eigenvalue weighted by Crippen LogP contribution is -2.43. The molecule has 3 rings (SSSR count). The summed E-state index contributed by atoms with van der Waals surface area (Å²) in [6.45, 7) is 3.61. The zero-order chi connectivity index (χ0) is 14.7. The Bertz CT molecular complexity index is 612. The number of para-hydroxylation sites is 2. The van der Waals surface area contributed by atoms with Crippen LogP contribution in [0.5, 0.6) is 11.5 Å². The zero-order valence-corrected chi connectivity index (χ0v) is 12.6. The molecule has 0 radical (unpaired) electrons. The van der Waals surface area contributed by atoms with Crippen LogP contribution in [0.1, 0.15) is 17.3 Å². The molecule has 0 fully saturated rings. The van der Waals surface area contributed by atoms with Crippen LogP contribution in [0.2, 0.25) is 0 Å². The Labute approximate surface area is 127 Å². The molecule has 1 atom stereocenters. The first kappa shape index (κ1) is 13.9. The molecule has 1 amide bonds. The van der Waals surface area contributed by atoms with Crippen LogP contribution in [0, 0.1) is 0 Å². The molecular weight excluding hydrogens is 286 g/mol. The Morgan fingerprint density at radius 3 is 2.86 bits per heavy atom. The third-order valence-electron chi connectivity index (χ3n) is 3.43. The summed E-state index contributed by atoms with van der Waals surface area (Å²) >= 11 is 1.53. The van der Waals surface area contributed by atoms with Crippen LogP contribution in [-0.2, 0) is 0 Å². The standard InChI is InChI=1S/C16H17NO3S/c1-2-17(16(18)12-7-8-21-11-12)9-13-10-19-14-5-3-4-6-15(14)20-13/h3-8,11,13H,2,9-10H2,1H3. The molecule has 110 valence electrons. The summed E-state index contributed by atoms with van der Waals surface area (Å²) in [6.07, 6.45) is -0.137. The van der Waals surface area contributed by atoms with Gasteiger partial charge in [-0.05, 0) is 30.5 Å². The first-order valence-electron chi connectivity index (χ1n) is 6.98. The summed E-state index contributed by atoms with van der Waals surface area (Å²) in [7, 11) is 0. The van der Waals surface area contributed by atoms with E-state index >= 15 is 0 Å². The van der Waals surface area contributed by atoms with Gasteiger partial charge in [-0.2, -0.15) is 11.3 Å². The van der Waals surface area contributed by atoms with E-state index in [-0.39, 0.29) is 12.0 Å². The summed E-state index contributed by atoms with van der Waals surface area (Å²) in [5.74, 6) is 1.55. The second kappa shape index (κ2) is 6.18. The number of nitrogens with zero attached hydrogens (tertiary/aromatic N) is 1. The highest BCUT2D eigenvalue weighted by Crippen LogP contribution is 2.31. The van der Waals surface area contributed by atoms with Gasteiger partial charge in [0.15, 0.2) is 17.6 Å². The second-order valence-electron chi connectivity index (χ2n) is 4.85. The smallest absolute Gasteiger partial charge is 0.254 e. The monoisotopic (exact) mass is 303 g/mol. The minimum atomic E-state index is -0.137. The topological polar surface area (TPSA) is 38.8 Å². The number of carbonyl (C=O) groups excluding carboxylic acids is 1. The number of likely N-dealkylation sites (N-methyl/N-ethyl adjacent to an activating group) is 1. The third-order valence-corrected chi connectivity index (χ3v) is 4.11. The van der Waals surface area contributed by atoms with Crippen molar-refractivity contribution in [1.29, 1.82) is 0 Å². The van der Waals surface area contributed by atoms with E-state index in [4.69, 9.17) is 9.47 Å². The molecule has 0 spiro atoms. The zero-order valence-electron chi connectivity index (χ0n) is 11.8. The Kier molecular flexibility index (Phi) is 4.10. The lowest BCUT2D eigenvalue weighted by molar-refractivity contribution is 0.0475. The molecule has 2 heterocycles. The van der Waals surface area contributed by atoms with Crippen LogP contribution < -0.4 is 9.47 Å². The van der Waals surface area contributed by atoms with Gasteiger partial charge in [0, 0.05) is 11.9 Å². The highest BCUT2D eigenvalue weighted by Gasteiger charge is 2.25. The Hall–Kier alpha value is -2.01. The fraction of sp³-hybridized carbons (Fsp3) is 0.312. The van der Waals surface area contributed by atoms with Crippen LogP contribution in [0.4, 0.5) is 0 Å². The van der Waals surface area contributed by atoms with E-state index < -0.39 is 0 Å². The summed E-state index contributed by atoms with van der Waals surface area (Å²) in [4.78, 5) is 14.2. The van der Waals surface area contributed by atoms with E-state index in [0.717, 1.165) is 17.1 Å². The van der Waals surface area contributed by atoms with Crippen molar-refractivity contribution in [2.24, 2.45) is 0 Å². The number of thiophene rings is 1. The van der Waals surface area contributed by atoms with Crippen molar-refractivity contribution in [3.8, 4) is 11.5 Å². The van der Waals surface area contributed by atoms with Gasteiger partial charge in [-0.25, -0.2) is 0 Å². The van der Waals surface area contributed by atoms with E-state index in [9.17, 15) is 4.79 Å². The minimum Gasteiger partial charge on any atom is -0.486 e. The first-order chi connectivity index (χ1) is 10.3. The molecule has 1 aliphatic rings. The number of fused-ring (bicyclic) bond motifs is 1. The highest BCUT2D eigenvalue weighted by molar-refractivity contribution is 7.08. The molecule has 2 aromatic rings. The van der Waals surface area contributed by atoms with E-state index in [0.29, 0.717) is 19.7 Å². The first-order valence-corrected chi connectivity index (χ1v) is 7.92. The van der Waals surface area contributed by atoms with Crippen LogP contribution in [-0.4, -0.2) is 36.6 Å². The van der Waals surface area contributed by atoms with Crippen LogP contribution in [0.25, 0.3) is 0 Å². The number of ether oxygens (including phenoxy) is 2. The van der Waals surface area contributed by atoms with Crippen molar-refractivity contribution < 1.29 is 14.3 Å². The van der Waals surface area contributed by atoms with Crippen molar-refractivity contribution in [2.45, 2.75) is 13.0 Å². The largest absolute Gasteiger partial charge is 0.486 e. The number of amides is 1. The van der Waals surface area contributed by atoms with Gasteiger partial charge in [0.05, 0.1) is 12.1 Å². The van der Waals surface area contributed by atoms with Gasteiger partial charge in [0.1, 0.15) is 6.61 Å². The Morgan fingerprint density at radius 2 is 2.14 bits per heavy atom. The third kappa shape index (κ3) is 3.03. The van der Waals surface area contributed by atoms with E-state index in [1.54, 1.807) is 4.90 Å². The molecule has 1 aliphatic heterocycles. The van der Waals surface area contributed by atoms with E-state index in [2.05, 4.69) is 0 Å². The molecular formula is C16H17NO3S. The number of carbonyl (C=O) groups is 1. The van der Waals surface area contributed by atoms with Crippen molar-refractivity contribution in [1.82, 2.24) is 4.90 Å². The maximum absolute atomic E-state index is 12.4. The number of rotatable bonds is 4. The normalized spacial score (nSPS) is 16.5. The van der Waals surface area contributed by atoms with Crippen molar-refractivity contribution in [2.75, 3.05) is 19.7 Å². The average Bonchev–Trinajstić information content (AvgIpc) is 3.06. The minimum absolute atomic E-state index is 0.0428. The maximum Gasteiger partial charge on any atom is 0.254 e. The van der Waals surface area contributed by atoms with Crippen LogP contribution >= 0.6 is 11.3 Å². The molecule has 1 unspecified atom stereocenters. The quantitative estimate of drug-likeness (QED) is 0.871. The van der Waals surface area contributed by atoms with E-state index in [1.165, 1.54) is 11.3 Å². The predicted molar refractivity (Wildman–Crippen MR) is 82.2 cm³/mol. The second-order valence-corrected chi connectivity index (χ2v) is 5.63. The van der Waals surface area contributed by atoms with Gasteiger partial charge in [-0.1, -0.05) is 12.1 Å². The van der Waals surface area contributed by atoms with Crippen LogP contribution in [0.15, 0.2) is 41.1 Å². The van der Waals surface area contributed by atoms with E-state index in [1.807, 2.05) is 48.0 Å². The van der Waals surface area contributed by atoms with Gasteiger partial charge in [0.25, 0.3) is 5.91 Å². The summed E-state index contributed by atoms with van der Waals surface area (Å²) in [6, 6.07) is 9.46.